The number of carboxylic acid groups (broad SMARTS) is 3. The van der Waals surface area contributed by atoms with E-state index in [4.69, 9.17) is 10.8 Å². The molecule has 0 bridgehead atoms. The number of carboxylic acids is 3. The minimum Gasteiger partial charge on any atom is -0.480 e. The van der Waals surface area contributed by atoms with E-state index in [-0.39, 0.29) is 25.7 Å². The largest absolute Gasteiger partial charge is 0.480 e. The number of nitrogens with zero attached hydrogens (tertiary/aromatic N) is 3. The molecule has 0 aromatic heterocycles. The van der Waals surface area contributed by atoms with Gasteiger partial charge in [-0.1, -0.05) is 12.1 Å². The van der Waals surface area contributed by atoms with E-state index in [0.29, 0.717) is 44.8 Å². The number of nitrogens with two attached hydrogens (primary N) is 1. The standard InChI is InChI=1S/C19H28N4O6/c20-15-3-1-14(2-4-15)9-16-10-22(12-18(26)27)6-5-21(11-17(24)25)7-8-23(16)13-19(28)29/h1-4,16H,5-13,20H2,(H,24,25)(H,26,27)(H,28,29)/t16-/m1/s1. The van der Waals surface area contributed by atoms with Crippen molar-refractivity contribution in [2.75, 3.05) is 58.1 Å². The molecule has 1 atom stereocenters. The second-order valence-electron chi connectivity index (χ2n) is 7.26. The smallest absolute Gasteiger partial charge is 0.317 e. The summed E-state index contributed by atoms with van der Waals surface area (Å²) in [7, 11) is 0. The number of rotatable bonds is 8. The molecule has 160 valence electrons. The molecule has 0 amide bonds. The van der Waals surface area contributed by atoms with Gasteiger partial charge >= 0.3 is 17.9 Å². The van der Waals surface area contributed by atoms with Crippen LogP contribution in [0.4, 0.5) is 5.69 Å². The van der Waals surface area contributed by atoms with E-state index in [2.05, 4.69) is 0 Å². The van der Waals surface area contributed by atoms with Crippen molar-refractivity contribution in [1.82, 2.24) is 14.7 Å². The van der Waals surface area contributed by atoms with Crippen LogP contribution in [0.25, 0.3) is 0 Å². The summed E-state index contributed by atoms with van der Waals surface area (Å²) in [6, 6.07) is 7.06. The minimum atomic E-state index is -0.985. The fourth-order valence-corrected chi connectivity index (χ4v) is 3.54. The molecule has 1 aliphatic rings. The Morgan fingerprint density at radius 2 is 1.34 bits per heavy atom. The van der Waals surface area contributed by atoms with Crippen LogP contribution in [0.3, 0.4) is 0 Å². The molecule has 1 saturated heterocycles. The summed E-state index contributed by atoms with van der Waals surface area (Å²) >= 11 is 0. The third-order valence-electron chi connectivity index (χ3n) is 4.93. The molecule has 1 aromatic rings. The average molecular weight is 408 g/mol. The van der Waals surface area contributed by atoms with Crippen LogP contribution < -0.4 is 5.73 Å². The molecule has 0 saturated carbocycles. The van der Waals surface area contributed by atoms with Crippen molar-refractivity contribution in [3.63, 3.8) is 0 Å². The van der Waals surface area contributed by atoms with Crippen molar-refractivity contribution in [1.29, 1.82) is 0 Å². The Hall–Kier alpha value is -2.69. The highest BCUT2D eigenvalue weighted by Gasteiger charge is 2.27. The zero-order valence-electron chi connectivity index (χ0n) is 16.2. The van der Waals surface area contributed by atoms with Crippen LogP contribution in [0.2, 0.25) is 0 Å². The van der Waals surface area contributed by atoms with E-state index >= 15 is 0 Å². The molecule has 1 aromatic carbocycles. The first-order valence-corrected chi connectivity index (χ1v) is 9.41. The van der Waals surface area contributed by atoms with Gasteiger partial charge in [-0.3, -0.25) is 29.1 Å². The molecule has 10 nitrogen and oxygen atoms in total. The first-order chi connectivity index (χ1) is 13.7. The lowest BCUT2D eigenvalue weighted by atomic mass is 10.0. The summed E-state index contributed by atoms with van der Waals surface area (Å²) in [5.41, 5.74) is 7.33. The van der Waals surface area contributed by atoms with Gasteiger partial charge in [-0.2, -0.15) is 0 Å². The summed E-state index contributed by atoms with van der Waals surface area (Å²) in [6.45, 7) is 1.34. The zero-order valence-corrected chi connectivity index (χ0v) is 16.2. The molecule has 0 unspecified atom stereocenters. The Kier molecular flexibility index (Phi) is 8.37. The van der Waals surface area contributed by atoms with Crippen molar-refractivity contribution >= 4 is 23.6 Å². The van der Waals surface area contributed by atoms with Crippen molar-refractivity contribution < 1.29 is 29.7 Å². The zero-order chi connectivity index (χ0) is 21.4. The average Bonchev–Trinajstić information content (AvgIpc) is 2.68. The van der Waals surface area contributed by atoms with Crippen LogP contribution in [0, 0.1) is 0 Å². The highest BCUT2D eigenvalue weighted by molar-refractivity contribution is 5.70. The van der Waals surface area contributed by atoms with Gasteiger partial charge in [-0.05, 0) is 24.1 Å². The summed E-state index contributed by atoms with van der Waals surface area (Å²) in [4.78, 5) is 39.1. The maximum atomic E-state index is 11.4. The SMILES string of the molecule is Nc1ccc(C[C@@H]2CN(CC(=O)O)CCN(CC(=O)O)CCN2CC(=O)O)cc1. The predicted molar refractivity (Wildman–Crippen MR) is 106 cm³/mol. The van der Waals surface area contributed by atoms with E-state index in [1.165, 1.54) is 0 Å². The summed E-state index contributed by atoms with van der Waals surface area (Å²) in [5.74, 6) is -2.94. The lowest BCUT2D eigenvalue weighted by molar-refractivity contribution is -0.140. The Balaban J connectivity index is 2.26. The van der Waals surface area contributed by atoms with Crippen LogP contribution in [0.1, 0.15) is 5.56 Å². The fraction of sp³-hybridized carbons (Fsp3) is 0.526. The van der Waals surface area contributed by atoms with Crippen LogP contribution in [-0.4, -0.2) is 106 Å². The summed E-state index contributed by atoms with van der Waals surface area (Å²) < 4.78 is 0. The molecule has 1 aliphatic heterocycles. The Bertz CT molecular complexity index is 711. The molecule has 5 N–H and O–H groups in total. The highest BCUT2D eigenvalue weighted by Crippen LogP contribution is 2.15. The van der Waals surface area contributed by atoms with Crippen molar-refractivity contribution in [3.05, 3.63) is 29.8 Å². The summed E-state index contributed by atoms with van der Waals surface area (Å²) in [5, 5.41) is 27.7. The molecule has 1 heterocycles. The molecule has 0 aliphatic carbocycles. The van der Waals surface area contributed by atoms with Gasteiger partial charge in [-0.15, -0.1) is 0 Å². The molecule has 2 rings (SSSR count). The first-order valence-electron chi connectivity index (χ1n) is 9.41. The van der Waals surface area contributed by atoms with Crippen molar-refractivity contribution in [3.8, 4) is 0 Å². The third kappa shape index (κ3) is 8.06. The van der Waals surface area contributed by atoms with Gasteiger partial charge in [0.05, 0.1) is 19.6 Å². The van der Waals surface area contributed by atoms with E-state index in [1.54, 1.807) is 26.8 Å². The molecule has 0 radical (unpaired) electrons. The molecule has 10 heteroatoms. The van der Waals surface area contributed by atoms with Crippen LogP contribution >= 0.6 is 0 Å². The molecule has 0 spiro atoms. The second-order valence-corrected chi connectivity index (χ2v) is 7.26. The van der Waals surface area contributed by atoms with Gasteiger partial charge in [0, 0.05) is 44.5 Å². The van der Waals surface area contributed by atoms with Gasteiger partial charge in [0.25, 0.3) is 0 Å². The monoisotopic (exact) mass is 408 g/mol. The van der Waals surface area contributed by atoms with Crippen LogP contribution in [-0.2, 0) is 20.8 Å². The van der Waals surface area contributed by atoms with Crippen LogP contribution in [0.5, 0.6) is 0 Å². The second kappa shape index (κ2) is 10.7. The van der Waals surface area contributed by atoms with E-state index < -0.39 is 17.9 Å². The van der Waals surface area contributed by atoms with Crippen molar-refractivity contribution in [2.45, 2.75) is 12.5 Å². The van der Waals surface area contributed by atoms with E-state index in [9.17, 15) is 24.6 Å². The number of nitrogen functional groups attached to an aromatic ring is 1. The van der Waals surface area contributed by atoms with Gasteiger partial charge in [0.2, 0.25) is 0 Å². The Labute approximate surface area is 169 Å². The number of anilines is 1. The maximum Gasteiger partial charge on any atom is 0.317 e. The number of hydrogen-bond acceptors (Lipinski definition) is 7. The molecular weight excluding hydrogens is 380 g/mol. The normalized spacial score (nSPS) is 19.8. The first kappa shape index (κ1) is 22.6. The Morgan fingerprint density at radius 3 is 1.93 bits per heavy atom. The predicted octanol–water partition coefficient (Wildman–Crippen LogP) is -0.647. The number of hydrogen-bond donors (Lipinski definition) is 4. The number of aliphatic carboxylic acids is 3. The van der Waals surface area contributed by atoms with Crippen molar-refractivity contribution in [2.24, 2.45) is 0 Å². The maximum absolute atomic E-state index is 11.4. The van der Waals surface area contributed by atoms with Gasteiger partial charge in [-0.25, -0.2) is 0 Å². The molecule has 29 heavy (non-hydrogen) atoms. The minimum absolute atomic E-state index is 0.176. The lowest BCUT2D eigenvalue weighted by Crippen LogP contribution is -2.49. The fourth-order valence-electron chi connectivity index (χ4n) is 3.54. The number of carbonyl (C=O) groups is 3. The Morgan fingerprint density at radius 1 is 0.828 bits per heavy atom. The van der Waals surface area contributed by atoms with E-state index in [1.807, 2.05) is 12.1 Å². The van der Waals surface area contributed by atoms with Gasteiger partial charge in [0.15, 0.2) is 0 Å². The molecular formula is C19H28N4O6. The highest BCUT2D eigenvalue weighted by atomic mass is 16.4. The molecule has 1 fully saturated rings. The summed E-state index contributed by atoms with van der Waals surface area (Å²) in [6.07, 6.45) is 0.530. The van der Waals surface area contributed by atoms with E-state index in [0.717, 1.165) is 5.56 Å². The van der Waals surface area contributed by atoms with Gasteiger partial charge < -0.3 is 21.1 Å². The van der Waals surface area contributed by atoms with Gasteiger partial charge in [0.1, 0.15) is 0 Å². The van der Waals surface area contributed by atoms with Crippen LogP contribution in [0.15, 0.2) is 24.3 Å². The topological polar surface area (TPSA) is 148 Å². The third-order valence-corrected chi connectivity index (χ3v) is 4.93. The number of benzene rings is 1. The quantitative estimate of drug-likeness (QED) is 0.409. The lowest BCUT2D eigenvalue weighted by Gasteiger charge is -2.33.